The largest absolute Gasteiger partial charge is 0.440 e. The van der Waals surface area contributed by atoms with Gasteiger partial charge in [0.15, 0.2) is 11.5 Å². The summed E-state index contributed by atoms with van der Waals surface area (Å²) in [6, 6.07) is 13.4. The number of benzene rings is 2. The van der Waals surface area contributed by atoms with Crippen molar-refractivity contribution in [2.45, 2.75) is 38.1 Å². The van der Waals surface area contributed by atoms with Crippen molar-refractivity contribution in [1.82, 2.24) is 30.1 Å². The maximum Gasteiger partial charge on any atom is 0.247 e. The third-order valence-corrected chi connectivity index (χ3v) is 6.02. The highest BCUT2D eigenvalue weighted by molar-refractivity contribution is 5.81. The highest BCUT2D eigenvalue weighted by Crippen LogP contribution is 2.31. The van der Waals surface area contributed by atoms with Gasteiger partial charge < -0.3 is 9.32 Å². The molecular weight excluding hydrogens is 411 g/mol. The van der Waals surface area contributed by atoms with Gasteiger partial charge in [-0.2, -0.15) is 0 Å². The van der Waals surface area contributed by atoms with Crippen LogP contribution in [0.2, 0.25) is 0 Å². The molecule has 164 valence electrons. The van der Waals surface area contributed by atoms with E-state index >= 15 is 0 Å². The lowest BCUT2D eigenvalue weighted by atomic mass is 9.95. The summed E-state index contributed by atoms with van der Waals surface area (Å²) in [6.07, 6.45) is 1.84. The molecule has 0 saturated carbocycles. The summed E-state index contributed by atoms with van der Waals surface area (Å²) in [4.78, 5) is 20.0. The maximum absolute atomic E-state index is 13.7. The number of hydrogen-bond donors (Lipinski definition) is 0. The number of tetrazole rings is 1. The molecule has 2 aromatic carbocycles. The van der Waals surface area contributed by atoms with E-state index in [1.54, 1.807) is 13.0 Å². The molecule has 1 unspecified atom stereocenters. The third kappa shape index (κ3) is 3.98. The lowest BCUT2D eigenvalue weighted by Gasteiger charge is -2.33. The average molecular weight is 434 g/mol. The monoisotopic (exact) mass is 434 g/mol. The number of para-hydroxylation sites is 2. The zero-order chi connectivity index (χ0) is 22.1. The van der Waals surface area contributed by atoms with Gasteiger partial charge in [-0.15, -0.1) is 5.10 Å². The molecule has 2 aromatic heterocycles. The van der Waals surface area contributed by atoms with E-state index < -0.39 is 6.04 Å². The Bertz CT molecular complexity index is 1210. The quantitative estimate of drug-likeness (QED) is 0.478. The molecule has 1 aliphatic rings. The third-order valence-electron chi connectivity index (χ3n) is 6.02. The highest BCUT2D eigenvalue weighted by Gasteiger charge is 2.33. The summed E-state index contributed by atoms with van der Waals surface area (Å²) in [5.41, 5.74) is 2.36. The van der Waals surface area contributed by atoms with Crippen LogP contribution in [0.15, 0.2) is 52.9 Å². The van der Waals surface area contributed by atoms with Crippen molar-refractivity contribution in [1.29, 1.82) is 0 Å². The number of amides is 1. The van der Waals surface area contributed by atoms with E-state index in [4.69, 9.17) is 4.42 Å². The number of carbonyl (C=O) groups is 1. The Morgan fingerprint density at radius 1 is 1.19 bits per heavy atom. The standard InChI is InChI=1S/C23H23FN6O2/c1-15-26-27-28-30(15)20(14-16-5-4-6-18(24)13-16)23(31)29-11-9-17(10-12-29)22-25-19-7-2-3-8-21(19)32-22/h2-8,13,17,20H,9-12,14H2,1H3. The normalized spacial score (nSPS) is 15.9. The molecule has 0 radical (unpaired) electrons. The van der Waals surface area contributed by atoms with Crippen LogP contribution in [0.4, 0.5) is 4.39 Å². The Hall–Kier alpha value is -3.62. The fourth-order valence-electron chi connectivity index (χ4n) is 4.31. The highest BCUT2D eigenvalue weighted by atomic mass is 19.1. The summed E-state index contributed by atoms with van der Waals surface area (Å²) in [6.45, 7) is 2.93. The van der Waals surface area contributed by atoms with Crippen LogP contribution in [-0.4, -0.2) is 49.1 Å². The predicted octanol–water partition coefficient (Wildman–Crippen LogP) is 3.45. The summed E-state index contributed by atoms with van der Waals surface area (Å²) in [7, 11) is 0. The van der Waals surface area contributed by atoms with Gasteiger partial charge in [-0.1, -0.05) is 24.3 Å². The van der Waals surface area contributed by atoms with E-state index in [9.17, 15) is 9.18 Å². The molecule has 4 aromatic rings. The van der Waals surface area contributed by atoms with Gasteiger partial charge in [-0.05, 0) is 60.0 Å². The average Bonchev–Trinajstić information content (AvgIpc) is 3.43. The summed E-state index contributed by atoms with van der Waals surface area (Å²) >= 11 is 0. The number of carbonyl (C=O) groups excluding carboxylic acids is 1. The number of piperidine rings is 1. The van der Waals surface area contributed by atoms with Crippen molar-refractivity contribution in [3.63, 3.8) is 0 Å². The Kier molecular flexibility index (Phi) is 5.38. The fourth-order valence-corrected chi connectivity index (χ4v) is 4.31. The molecule has 5 rings (SSSR count). The zero-order valence-corrected chi connectivity index (χ0v) is 17.7. The van der Waals surface area contributed by atoms with Gasteiger partial charge in [0.25, 0.3) is 0 Å². The van der Waals surface area contributed by atoms with Gasteiger partial charge in [-0.3, -0.25) is 4.79 Å². The number of likely N-dealkylation sites (tertiary alicyclic amines) is 1. The number of hydrogen-bond acceptors (Lipinski definition) is 6. The van der Waals surface area contributed by atoms with E-state index in [1.807, 2.05) is 35.2 Å². The van der Waals surface area contributed by atoms with E-state index in [2.05, 4.69) is 20.5 Å². The minimum atomic E-state index is -0.632. The van der Waals surface area contributed by atoms with Gasteiger partial charge in [0.2, 0.25) is 5.91 Å². The van der Waals surface area contributed by atoms with Crippen LogP contribution in [0.25, 0.3) is 11.1 Å². The first kappa shape index (κ1) is 20.3. The molecule has 1 aliphatic heterocycles. The number of aryl methyl sites for hydroxylation is 1. The van der Waals surface area contributed by atoms with Gasteiger partial charge in [0, 0.05) is 25.4 Å². The second-order valence-electron chi connectivity index (χ2n) is 8.14. The second kappa shape index (κ2) is 8.49. The first-order chi connectivity index (χ1) is 15.6. The minimum absolute atomic E-state index is 0.0688. The van der Waals surface area contributed by atoms with E-state index in [-0.39, 0.29) is 17.6 Å². The lowest BCUT2D eigenvalue weighted by molar-refractivity contribution is -0.136. The van der Waals surface area contributed by atoms with Crippen LogP contribution in [-0.2, 0) is 11.2 Å². The lowest BCUT2D eigenvalue weighted by Crippen LogP contribution is -2.43. The van der Waals surface area contributed by atoms with Crippen LogP contribution >= 0.6 is 0 Å². The Morgan fingerprint density at radius 2 is 2.00 bits per heavy atom. The Balaban J connectivity index is 1.32. The summed E-state index contributed by atoms with van der Waals surface area (Å²) in [5, 5.41) is 11.7. The van der Waals surface area contributed by atoms with E-state index in [0.717, 1.165) is 35.4 Å². The molecule has 0 spiro atoms. The van der Waals surface area contributed by atoms with Crippen molar-refractivity contribution in [2.75, 3.05) is 13.1 Å². The predicted molar refractivity (Wildman–Crippen MR) is 114 cm³/mol. The number of aromatic nitrogens is 5. The maximum atomic E-state index is 13.7. The van der Waals surface area contributed by atoms with Crippen molar-refractivity contribution < 1.29 is 13.6 Å². The molecule has 1 fully saturated rings. The molecule has 3 heterocycles. The molecule has 8 nitrogen and oxygen atoms in total. The zero-order valence-electron chi connectivity index (χ0n) is 17.7. The van der Waals surface area contributed by atoms with E-state index in [1.165, 1.54) is 16.8 Å². The summed E-state index contributed by atoms with van der Waals surface area (Å²) < 4.78 is 21.2. The van der Waals surface area contributed by atoms with Crippen LogP contribution in [0.1, 0.15) is 42.1 Å². The molecule has 9 heteroatoms. The van der Waals surface area contributed by atoms with Crippen molar-refractivity contribution in [3.8, 4) is 0 Å². The van der Waals surface area contributed by atoms with Crippen LogP contribution in [0.5, 0.6) is 0 Å². The summed E-state index contributed by atoms with van der Waals surface area (Å²) in [5.74, 6) is 1.04. The molecule has 0 aliphatic carbocycles. The molecule has 1 atom stereocenters. The van der Waals surface area contributed by atoms with Crippen LogP contribution < -0.4 is 0 Å². The van der Waals surface area contributed by atoms with E-state index in [0.29, 0.717) is 25.3 Å². The second-order valence-corrected chi connectivity index (χ2v) is 8.14. The van der Waals surface area contributed by atoms with Gasteiger partial charge in [0.1, 0.15) is 23.2 Å². The number of oxazole rings is 1. The fraction of sp³-hybridized carbons (Fsp3) is 0.348. The van der Waals surface area contributed by atoms with Gasteiger partial charge in [-0.25, -0.2) is 14.1 Å². The minimum Gasteiger partial charge on any atom is -0.440 e. The van der Waals surface area contributed by atoms with Gasteiger partial charge in [0.05, 0.1) is 0 Å². The number of fused-ring (bicyclic) bond motifs is 1. The van der Waals surface area contributed by atoms with Crippen LogP contribution in [0, 0.1) is 12.7 Å². The smallest absolute Gasteiger partial charge is 0.247 e. The SMILES string of the molecule is Cc1nnnn1C(Cc1cccc(F)c1)C(=O)N1CCC(c2nc3ccccc3o2)CC1. The van der Waals surface area contributed by atoms with Gasteiger partial charge >= 0.3 is 0 Å². The number of nitrogens with zero attached hydrogens (tertiary/aromatic N) is 6. The Labute approximate surface area is 184 Å². The molecular formula is C23H23FN6O2. The first-order valence-electron chi connectivity index (χ1n) is 10.7. The number of halogens is 1. The number of rotatable bonds is 5. The molecule has 1 saturated heterocycles. The van der Waals surface area contributed by atoms with Crippen molar-refractivity contribution >= 4 is 17.0 Å². The van der Waals surface area contributed by atoms with Crippen molar-refractivity contribution in [2.24, 2.45) is 0 Å². The molecule has 1 amide bonds. The Morgan fingerprint density at radius 3 is 2.72 bits per heavy atom. The first-order valence-corrected chi connectivity index (χ1v) is 10.7. The molecule has 0 bridgehead atoms. The topological polar surface area (TPSA) is 89.9 Å². The van der Waals surface area contributed by atoms with Crippen molar-refractivity contribution in [3.05, 3.63) is 71.6 Å². The van der Waals surface area contributed by atoms with Crippen LogP contribution in [0.3, 0.4) is 0 Å². The molecule has 32 heavy (non-hydrogen) atoms. The molecule has 0 N–H and O–H groups in total.